The second-order valence-corrected chi connectivity index (χ2v) is 8.76. The van der Waals surface area contributed by atoms with Crippen LogP contribution in [0.15, 0.2) is 40.9 Å². The number of hydrogen-bond donors (Lipinski definition) is 2. The molecule has 0 saturated carbocycles. The van der Waals surface area contributed by atoms with Gasteiger partial charge in [0.05, 0.1) is 6.42 Å². The van der Waals surface area contributed by atoms with Crippen LogP contribution in [0, 0.1) is 29.2 Å². The molecule has 3 rings (SSSR count). The van der Waals surface area contributed by atoms with Crippen molar-refractivity contribution in [3.8, 4) is 17.1 Å². The number of nitrogens with zero attached hydrogens (tertiary/aromatic N) is 1. The molecule has 206 valence electrons. The summed E-state index contributed by atoms with van der Waals surface area (Å²) in [4.78, 5) is 48.9. The summed E-state index contributed by atoms with van der Waals surface area (Å²) in [6, 6.07) is 6.05. The number of aliphatic carboxylic acids is 1. The minimum absolute atomic E-state index is 0.0625. The molecule has 0 aliphatic rings. The predicted molar refractivity (Wildman–Crippen MR) is 126 cm³/mol. The minimum Gasteiger partial charge on any atom is -0.481 e. The molecule has 2 atom stereocenters. The van der Waals surface area contributed by atoms with E-state index in [1.54, 1.807) is 24.3 Å². The molecule has 2 N–H and O–H groups in total. The molecule has 0 saturated heterocycles. The van der Waals surface area contributed by atoms with E-state index in [1.165, 1.54) is 13.0 Å². The van der Waals surface area contributed by atoms with Crippen LogP contribution in [0.5, 0.6) is 5.75 Å². The van der Waals surface area contributed by atoms with E-state index >= 15 is 0 Å². The average Bonchev–Trinajstić information content (AvgIpc) is 3.37. The van der Waals surface area contributed by atoms with Crippen molar-refractivity contribution in [3.63, 3.8) is 0 Å². The number of nitrogens with one attached hydrogen (secondary N) is 1. The molecule has 0 unspecified atom stereocenters. The Labute approximate surface area is 222 Å². The van der Waals surface area contributed by atoms with E-state index in [0.717, 1.165) is 0 Å². The third-order valence-corrected chi connectivity index (χ3v) is 5.63. The number of rotatable bonds is 12. The lowest BCUT2D eigenvalue weighted by Gasteiger charge is -2.19. The first-order valence-electron chi connectivity index (χ1n) is 11.1. The highest BCUT2D eigenvalue weighted by molar-refractivity contribution is 6.30. The van der Waals surface area contributed by atoms with Crippen LogP contribution in [0.25, 0.3) is 11.3 Å². The Hall–Kier alpha value is -4.26. The van der Waals surface area contributed by atoms with Gasteiger partial charge in [0.25, 0.3) is 0 Å². The van der Waals surface area contributed by atoms with Crippen molar-refractivity contribution in [2.45, 2.75) is 25.8 Å². The molecule has 0 bridgehead atoms. The van der Waals surface area contributed by atoms with Gasteiger partial charge in [-0.1, -0.05) is 23.7 Å². The maximum atomic E-state index is 13.8. The standard InChI is InChI=1S/C25H19ClF4N2O7/c1-11(6-18(33)17-8-20(39-32-17)12-2-4-13(26)5-3-12)25(37)31-16(9-21(35)36)19(34)10-38-24-22(29)14(27)7-15(28)23(24)30/h2-5,7-8,11,16H,6,9-10H2,1H3,(H,31,37)(H,35,36)/t11-,16+/m1/s1. The summed E-state index contributed by atoms with van der Waals surface area (Å²) >= 11 is 5.84. The van der Waals surface area contributed by atoms with Crippen LogP contribution in [0.2, 0.25) is 5.02 Å². The Morgan fingerprint density at radius 1 is 1.03 bits per heavy atom. The summed E-state index contributed by atoms with van der Waals surface area (Å²) in [6.07, 6.45) is -1.35. The summed E-state index contributed by atoms with van der Waals surface area (Å²) in [7, 11) is 0. The number of halogens is 5. The van der Waals surface area contributed by atoms with Crippen LogP contribution in [0.3, 0.4) is 0 Å². The fourth-order valence-electron chi connectivity index (χ4n) is 3.29. The number of carbonyl (C=O) groups excluding carboxylic acids is 3. The van der Waals surface area contributed by atoms with E-state index in [0.29, 0.717) is 10.6 Å². The molecule has 1 heterocycles. The monoisotopic (exact) mass is 570 g/mol. The number of carbonyl (C=O) groups is 4. The lowest BCUT2D eigenvalue weighted by molar-refractivity contribution is -0.140. The molecule has 3 aromatic rings. The average molecular weight is 571 g/mol. The van der Waals surface area contributed by atoms with Gasteiger partial charge in [-0.15, -0.1) is 0 Å². The van der Waals surface area contributed by atoms with Gasteiger partial charge in [0, 0.05) is 35.1 Å². The molecule has 0 aliphatic heterocycles. The lowest BCUT2D eigenvalue weighted by atomic mass is 10.00. The number of ether oxygens (including phenoxy) is 1. The van der Waals surface area contributed by atoms with E-state index < -0.39 is 83.9 Å². The summed E-state index contributed by atoms with van der Waals surface area (Å²) < 4.78 is 63.9. The number of hydrogen-bond acceptors (Lipinski definition) is 7. The highest BCUT2D eigenvalue weighted by atomic mass is 35.5. The number of carboxylic acid groups (broad SMARTS) is 1. The molecule has 0 radical (unpaired) electrons. The molecule has 9 nitrogen and oxygen atoms in total. The Kier molecular flexibility index (Phi) is 9.41. The maximum absolute atomic E-state index is 13.8. The van der Waals surface area contributed by atoms with E-state index in [2.05, 4.69) is 15.2 Å². The van der Waals surface area contributed by atoms with Crippen LogP contribution < -0.4 is 10.1 Å². The largest absolute Gasteiger partial charge is 0.481 e. The molecular formula is C25H19ClF4N2O7. The first-order chi connectivity index (χ1) is 18.4. The molecule has 14 heteroatoms. The van der Waals surface area contributed by atoms with Crippen LogP contribution >= 0.6 is 11.6 Å². The van der Waals surface area contributed by atoms with Gasteiger partial charge < -0.3 is 19.7 Å². The lowest BCUT2D eigenvalue weighted by Crippen LogP contribution is -2.46. The normalized spacial score (nSPS) is 12.5. The molecule has 1 amide bonds. The van der Waals surface area contributed by atoms with Crippen molar-refractivity contribution in [1.82, 2.24) is 10.5 Å². The number of amides is 1. The van der Waals surface area contributed by atoms with Crippen LogP contribution in [-0.2, 0) is 14.4 Å². The van der Waals surface area contributed by atoms with Gasteiger partial charge >= 0.3 is 5.97 Å². The fraction of sp³-hybridized carbons (Fsp3) is 0.240. The van der Waals surface area contributed by atoms with Crippen LogP contribution in [0.4, 0.5) is 17.6 Å². The van der Waals surface area contributed by atoms with E-state index in [9.17, 15) is 36.7 Å². The third kappa shape index (κ3) is 7.41. The Balaban J connectivity index is 1.63. The number of ketones is 2. The van der Waals surface area contributed by atoms with E-state index in [4.69, 9.17) is 21.2 Å². The SMILES string of the molecule is C[C@H](CC(=O)c1cc(-c2ccc(Cl)cc2)on1)C(=O)N[C@@H](CC(=O)O)C(=O)COc1c(F)c(F)cc(F)c1F. The van der Waals surface area contributed by atoms with E-state index in [1.807, 2.05) is 0 Å². The molecule has 0 spiro atoms. The van der Waals surface area contributed by atoms with Crippen molar-refractivity contribution < 1.29 is 51.1 Å². The summed E-state index contributed by atoms with van der Waals surface area (Å²) in [5, 5.41) is 15.4. The first-order valence-corrected chi connectivity index (χ1v) is 11.5. The molecule has 39 heavy (non-hydrogen) atoms. The van der Waals surface area contributed by atoms with Gasteiger partial charge in [0.15, 0.2) is 34.7 Å². The highest BCUT2D eigenvalue weighted by Crippen LogP contribution is 2.27. The number of benzene rings is 2. The van der Waals surface area contributed by atoms with E-state index in [-0.39, 0.29) is 17.5 Å². The fourth-order valence-corrected chi connectivity index (χ4v) is 3.41. The molecule has 0 fully saturated rings. The number of Topliss-reactive ketones (excluding diaryl/α,β-unsaturated/α-hetero) is 2. The molecular weight excluding hydrogens is 552 g/mol. The minimum atomic E-state index is -1.90. The van der Waals surface area contributed by atoms with Crippen molar-refractivity contribution in [2.75, 3.05) is 6.61 Å². The zero-order chi connectivity index (χ0) is 28.9. The zero-order valence-corrected chi connectivity index (χ0v) is 20.7. The van der Waals surface area contributed by atoms with Gasteiger partial charge in [-0.25, -0.2) is 8.78 Å². The number of carboxylic acids is 1. The highest BCUT2D eigenvalue weighted by Gasteiger charge is 2.29. The second-order valence-electron chi connectivity index (χ2n) is 8.32. The maximum Gasteiger partial charge on any atom is 0.305 e. The van der Waals surface area contributed by atoms with Crippen molar-refractivity contribution in [3.05, 3.63) is 70.4 Å². The van der Waals surface area contributed by atoms with Crippen molar-refractivity contribution >= 4 is 35.0 Å². The van der Waals surface area contributed by atoms with Crippen LogP contribution in [-0.4, -0.2) is 46.4 Å². The van der Waals surface area contributed by atoms with Gasteiger partial charge in [-0.2, -0.15) is 8.78 Å². The van der Waals surface area contributed by atoms with Crippen LogP contribution in [0.1, 0.15) is 30.3 Å². The summed E-state index contributed by atoms with van der Waals surface area (Å²) in [5.74, 6) is -13.9. The van der Waals surface area contributed by atoms with Crippen molar-refractivity contribution in [2.24, 2.45) is 5.92 Å². The first kappa shape index (κ1) is 29.3. The topological polar surface area (TPSA) is 136 Å². The quantitative estimate of drug-likeness (QED) is 0.186. The summed E-state index contributed by atoms with van der Waals surface area (Å²) in [6.45, 7) is 0.0984. The second kappa shape index (κ2) is 12.5. The molecule has 2 aromatic carbocycles. The van der Waals surface area contributed by atoms with Crippen molar-refractivity contribution in [1.29, 1.82) is 0 Å². The third-order valence-electron chi connectivity index (χ3n) is 5.38. The smallest absolute Gasteiger partial charge is 0.305 e. The van der Waals surface area contributed by atoms with Gasteiger partial charge in [-0.3, -0.25) is 19.2 Å². The van der Waals surface area contributed by atoms with Gasteiger partial charge in [0.1, 0.15) is 18.3 Å². The molecule has 0 aliphatic carbocycles. The zero-order valence-electron chi connectivity index (χ0n) is 20.0. The Bertz CT molecular complexity index is 1390. The Morgan fingerprint density at radius 2 is 1.64 bits per heavy atom. The Morgan fingerprint density at radius 3 is 2.23 bits per heavy atom. The predicted octanol–water partition coefficient (Wildman–Crippen LogP) is 4.37. The van der Waals surface area contributed by atoms with Gasteiger partial charge in [-0.05, 0) is 24.3 Å². The summed E-state index contributed by atoms with van der Waals surface area (Å²) in [5.41, 5.74) is 0.507. The molecule has 1 aromatic heterocycles. The van der Waals surface area contributed by atoms with Gasteiger partial charge in [0.2, 0.25) is 17.5 Å². The number of aromatic nitrogens is 1.